The average Bonchev–Trinajstić information content (AvgIpc) is 2.46. The lowest BCUT2D eigenvalue weighted by atomic mass is 9.90. The molecular weight excluding hydrogens is 188 g/mol. The van der Waals surface area contributed by atoms with E-state index in [2.05, 4.69) is 28.8 Å². The number of likely N-dealkylation sites (N-methyl/N-ethyl adjacent to an activating group) is 1. The number of likely N-dealkylation sites (tertiary alicyclic amines) is 1. The van der Waals surface area contributed by atoms with Crippen LogP contribution in [0, 0.1) is 0 Å². The molecule has 1 atom stereocenters. The summed E-state index contributed by atoms with van der Waals surface area (Å²) in [7, 11) is 2.09. The van der Waals surface area contributed by atoms with Crippen molar-refractivity contribution in [1.29, 1.82) is 0 Å². The fourth-order valence-corrected chi connectivity index (χ4v) is 2.73. The smallest absolute Gasteiger partial charge is 0.191 e. The molecule has 1 unspecified atom stereocenters. The van der Waals surface area contributed by atoms with Crippen molar-refractivity contribution in [1.82, 2.24) is 9.80 Å². The molecule has 1 fully saturated rings. The molecular formula is C11H22N4. The van der Waals surface area contributed by atoms with E-state index in [4.69, 9.17) is 5.73 Å². The van der Waals surface area contributed by atoms with E-state index in [-0.39, 0.29) is 5.54 Å². The van der Waals surface area contributed by atoms with E-state index in [1.807, 2.05) is 0 Å². The van der Waals surface area contributed by atoms with Gasteiger partial charge in [-0.25, -0.2) is 0 Å². The van der Waals surface area contributed by atoms with Gasteiger partial charge in [0.25, 0.3) is 0 Å². The summed E-state index contributed by atoms with van der Waals surface area (Å²) >= 11 is 0. The van der Waals surface area contributed by atoms with Crippen LogP contribution < -0.4 is 5.73 Å². The molecule has 2 heterocycles. The van der Waals surface area contributed by atoms with Gasteiger partial charge in [0.1, 0.15) is 0 Å². The zero-order chi connectivity index (χ0) is 10.9. The van der Waals surface area contributed by atoms with Crippen molar-refractivity contribution in [2.24, 2.45) is 10.7 Å². The van der Waals surface area contributed by atoms with Gasteiger partial charge in [-0.1, -0.05) is 6.92 Å². The van der Waals surface area contributed by atoms with Crippen molar-refractivity contribution < 1.29 is 0 Å². The molecule has 2 aliphatic heterocycles. The highest BCUT2D eigenvalue weighted by Gasteiger charge is 2.40. The van der Waals surface area contributed by atoms with Crippen LogP contribution >= 0.6 is 0 Å². The first-order chi connectivity index (χ1) is 7.18. The van der Waals surface area contributed by atoms with Crippen LogP contribution in [0.2, 0.25) is 0 Å². The number of rotatable bonds is 1. The molecule has 4 nitrogen and oxygen atoms in total. The average molecular weight is 210 g/mol. The fraction of sp³-hybridized carbons (Fsp3) is 0.909. The van der Waals surface area contributed by atoms with Crippen LogP contribution in [0.1, 0.15) is 26.2 Å². The molecule has 15 heavy (non-hydrogen) atoms. The molecule has 0 bridgehead atoms. The zero-order valence-electron chi connectivity index (χ0n) is 9.87. The summed E-state index contributed by atoms with van der Waals surface area (Å²) in [5.41, 5.74) is 6.09. The van der Waals surface area contributed by atoms with Crippen molar-refractivity contribution >= 4 is 5.96 Å². The maximum atomic E-state index is 5.86. The largest absolute Gasteiger partial charge is 0.370 e. The van der Waals surface area contributed by atoms with E-state index in [9.17, 15) is 0 Å². The topological polar surface area (TPSA) is 44.9 Å². The first-order valence-corrected chi connectivity index (χ1v) is 5.94. The maximum Gasteiger partial charge on any atom is 0.191 e. The summed E-state index contributed by atoms with van der Waals surface area (Å²) in [5, 5.41) is 0. The van der Waals surface area contributed by atoms with Crippen LogP contribution in [0.3, 0.4) is 0 Å². The predicted octanol–water partition coefficient (Wildman–Crippen LogP) is 0.491. The standard InChI is InChI=1S/C11H22N4/c1-3-15-7-4-5-11(6-8-15)9-13-10(12)14(11)2/h3-9H2,1-2H3,(H2,12,13). The summed E-state index contributed by atoms with van der Waals surface area (Å²) in [4.78, 5) is 9.11. The Morgan fingerprint density at radius 3 is 2.80 bits per heavy atom. The van der Waals surface area contributed by atoms with Crippen molar-refractivity contribution in [2.75, 3.05) is 33.2 Å². The number of hydrogen-bond acceptors (Lipinski definition) is 4. The van der Waals surface area contributed by atoms with Crippen molar-refractivity contribution in [3.8, 4) is 0 Å². The molecule has 1 saturated heterocycles. The van der Waals surface area contributed by atoms with Crippen molar-refractivity contribution in [2.45, 2.75) is 31.7 Å². The molecule has 4 heteroatoms. The van der Waals surface area contributed by atoms with Gasteiger partial charge in [-0.15, -0.1) is 0 Å². The summed E-state index contributed by atoms with van der Waals surface area (Å²) in [6.45, 7) is 6.71. The Hall–Kier alpha value is -0.770. The van der Waals surface area contributed by atoms with E-state index in [1.165, 1.54) is 32.4 Å². The first-order valence-electron chi connectivity index (χ1n) is 5.94. The van der Waals surface area contributed by atoms with E-state index < -0.39 is 0 Å². The molecule has 2 N–H and O–H groups in total. The second-order valence-corrected chi connectivity index (χ2v) is 4.75. The molecule has 86 valence electrons. The van der Waals surface area contributed by atoms with Gasteiger partial charge < -0.3 is 15.5 Å². The molecule has 0 amide bonds. The van der Waals surface area contributed by atoms with E-state index in [0.29, 0.717) is 0 Å². The molecule has 0 aromatic rings. The number of guanidine groups is 1. The van der Waals surface area contributed by atoms with Gasteiger partial charge in [0.05, 0.1) is 12.1 Å². The Morgan fingerprint density at radius 1 is 1.40 bits per heavy atom. The minimum atomic E-state index is 0.230. The first kappa shape index (κ1) is 10.7. The molecule has 2 rings (SSSR count). The van der Waals surface area contributed by atoms with Gasteiger partial charge in [-0.2, -0.15) is 0 Å². The van der Waals surface area contributed by atoms with Gasteiger partial charge in [0.15, 0.2) is 5.96 Å². The van der Waals surface area contributed by atoms with Crippen LogP contribution in [-0.4, -0.2) is 54.5 Å². The van der Waals surface area contributed by atoms with Crippen molar-refractivity contribution in [3.05, 3.63) is 0 Å². The lowest BCUT2D eigenvalue weighted by molar-refractivity contribution is 0.201. The van der Waals surface area contributed by atoms with Gasteiger partial charge in [0, 0.05) is 13.6 Å². The number of nitrogens with zero attached hydrogens (tertiary/aromatic N) is 3. The summed E-state index contributed by atoms with van der Waals surface area (Å²) in [5.74, 6) is 0.722. The molecule has 0 saturated carbocycles. The third-order valence-electron chi connectivity index (χ3n) is 4.05. The molecule has 0 aromatic carbocycles. The van der Waals surface area contributed by atoms with Crippen LogP contribution in [0.5, 0.6) is 0 Å². The minimum absolute atomic E-state index is 0.230. The summed E-state index contributed by atoms with van der Waals surface area (Å²) in [6, 6.07) is 0. The molecule has 1 spiro atoms. The minimum Gasteiger partial charge on any atom is -0.370 e. The van der Waals surface area contributed by atoms with E-state index in [0.717, 1.165) is 19.0 Å². The Balaban J connectivity index is 2.05. The molecule has 0 radical (unpaired) electrons. The van der Waals surface area contributed by atoms with Gasteiger partial charge in [-0.3, -0.25) is 4.99 Å². The second kappa shape index (κ2) is 4.00. The number of hydrogen-bond donors (Lipinski definition) is 1. The Kier molecular flexibility index (Phi) is 2.87. The predicted molar refractivity (Wildman–Crippen MR) is 62.9 cm³/mol. The van der Waals surface area contributed by atoms with Gasteiger partial charge in [-0.05, 0) is 32.4 Å². The highest BCUT2D eigenvalue weighted by Crippen LogP contribution is 2.31. The maximum absolute atomic E-state index is 5.86. The van der Waals surface area contributed by atoms with Crippen molar-refractivity contribution in [3.63, 3.8) is 0 Å². The quantitative estimate of drug-likeness (QED) is 0.685. The number of aliphatic imine (C=N–C) groups is 1. The lowest BCUT2D eigenvalue weighted by Gasteiger charge is -2.36. The van der Waals surface area contributed by atoms with E-state index in [1.54, 1.807) is 0 Å². The molecule has 0 aliphatic carbocycles. The summed E-state index contributed by atoms with van der Waals surface area (Å²) < 4.78 is 0. The Labute approximate surface area is 92.1 Å². The highest BCUT2D eigenvalue weighted by atomic mass is 15.3. The SMILES string of the molecule is CCN1CCCC2(CC1)CN=C(N)N2C. The zero-order valence-corrected chi connectivity index (χ0v) is 9.87. The summed E-state index contributed by atoms with van der Waals surface area (Å²) in [6.07, 6.45) is 3.69. The van der Waals surface area contributed by atoms with Crippen LogP contribution in [0.4, 0.5) is 0 Å². The highest BCUT2D eigenvalue weighted by molar-refractivity contribution is 5.80. The third-order valence-corrected chi connectivity index (χ3v) is 4.05. The Morgan fingerprint density at radius 2 is 2.20 bits per heavy atom. The number of nitrogens with two attached hydrogens (primary N) is 1. The monoisotopic (exact) mass is 210 g/mol. The fourth-order valence-electron chi connectivity index (χ4n) is 2.73. The van der Waals surface area contributed by atoms with Crippen LogP contribution in [0.15, 0.2) is 4.99 Å². The Bertz CT molecular complexity index is 263. The van der Waals surface area contributed by atoms with Gasteiger partial charge in [0.2, 0.25) is 0 Å². The normalized spacial score (nSPS) is 33.2. The lowest BCUT2D eigenvalue weighted by Crippen LogP contribution is -2.49. The second-order valence-electron chi connectivity index (χ2n) is 4.75. The molecule has 2 aliphatic rings. The van der Waals surface area contributed by atoms with Crippen LogP contribution in [-0.2, 0) is 0 Å². The van der Waals surface area contributed by atoms with Gasteiger partial charge >= 0.3 is 0 Å². The van der Waals surface area contributed by atoms with Crippen LogP contribution in [0.25, 0.3) is 0 Å². The molecule has 0 aromatic heterocycles. The van der Waals surface area contributed by atoms with E-state index >= 15 is 0 Å². The third kappa shape index (κ3) is 1.83.